The molecule has 1 heterocycles. The standard InChI is InChI=1S/C25H32Cl2N4O2/c1-3-30(4-2)13-10-28-25(33)22-17-21(8-9-23(22)31-11-6-5-7-12-31)29-24(32)18-14-19(26)16-20(27)15-18/h8-9,14-17H,3-7,10-13H2,1-2H3,(H,28,33)(H,29,32). The zero-order valence-electron chi connectivity index (χ0n) is 19.3. The van der Waals surface area contributed by atoms with Crippen molar-refractivity contribution in [3.05, 3.63) is 57.6 Å². The predicted molar refractivity (Wildman–Crippen MR) is 137 cm³/mol. The van der Waals surface area contributed by atoms with E-state index in [0.717, 1.165) is 51.3 Å². The van der Waals surface area contributed by atoms with E-state index < -0.39 is 0 Å². The minimum Gasteiger partial charge on any atom is -0.371 e. The molecule has 3 rings (SSSR count). The van der Waals surface area contributed by atoms with Gasteiger partial charge in [0.15, 0.2) is 0 Å². The van der Waals surface area contributed by atoms with Crippen molar-refractivity contribution in [1.29, 1.82) is 0 Å². The van der Waals surface area contributed by atoms with Crippen LogP contribution >= 0.6 is 23.2 Å². The fraction of sp³-hybridized carbons (Fsp3) is 0.440. The lowest BCUT2D eigenvalue weighted by atomic mass is 10.1. The molecule has 2 aromatic rings. The summed E-state index contributed by atoms with van der Waals surface area (Å²) in [6.07, 6.45) is 3.42. The molecule has 8 heteroatoms. The summed E-state index contributed by atoms with van der Waals surface area (Å²) >= 11 is 12.1. The first-order valence-corrected chi connectivity index (χ1v) is 12.3. The first-order chi connectivity index (χ1) is 15.9. The summed E-state index contributed by atoms with van der Waals surface area (Å²) in [5.41, 5.74) is 2.38. The van der Waals surface area contributed by atoms with Crippen LogP contribution in [0.5, 0.6) is 0 Å². The van der Waals surface area contributed by atoms with Crippen LogP contribution in [-0.4, -0.2) is 56.0 Å². The Hall–Kier alpha value is -2.28. The van der Waals surface area contributed by atoms with Gasteiger partial charge in [-0.2, -0.15) is 0 Å². The van der Waals surface area contributed by atoms with Crippen molar-refractivity contribution in [3.63, 3.8) is 0 Å². The summed E-state index contributed by atoms with van der Waals surface area (Å²) in [5, 5.41) is 6.70. The summed E-state index contributed by atoms with van der Waals surface area (Å²) in [5.74, 6) is -0.470. The van der Waals surface area contributed by atoms with Crippen molar-refractivity contribution in [2.24, 2.45) is 0 Å². The normalized spacial score (nSPS) is 13.8. The third-order valence-corrected chi connectivity index (χ3v) is 6.36. The number of likely N-dealkylation sites (N-methyl/N-ethyl adjacent to an activating group) is 1. The lowest BCUT2D eigenvalue weighted by Gasteiger charge is -2.30. The maximum Gasteiger partial charge on any atom is 0.255 e. The molecule has 0 unspecified atom stereocenters. The Morgan fingerprint density at radius 1 is 0.939 bits per heavy atom. The number of benzene rings is 2. The lowest BCUT2D eigenvalue weighted by molar-refractivity contribution is 0.0948. The minimum atomic E-state index is -0.335. The second kappa shape index (κ2) is 12.3. The van der Waals surface area contributed by atoms with Crippen molar-refractivity contribution < 1.29 is 9.59 Å². The molecule has 1 fully saturated rings. The molecule has 0 saturated carbocycles. The van der Waals surface area contributed by atoms with Crippen LogP contribution in [0.2, 0.25) is 10.0 Å². The van der Waals surface area contributed by atoms with E-state index in [1.165, 1.54) is 6.42 Å². The Labute approximate surface area is 206 Å². The van der Waals surface area contributed by atoms with Crippen LogP contribution in [0.4, 0.5) is 11.4 Å². The minimum absolute atomic E-state index is 0.135. The van der Waals surface area contributed by atoms with Gasteiger partial charge in [-0.05, 0) is 68.8 Å². The van der Waals surface area contributed by atoms with Gasteiger partial charge < -0.3 is 20.4 Å². The summed E-state index contributed by atoms with van der Waals surface area (Å²) in [6.45, 7) is 9.32. The summed E-state index contributed by atoms with van der Waals surface area (Å²) in [7, 11) is 0. The van der Waals surface area contributed by atoms with E-state index >= 15 is 0 Å². The second-order valence-corrected chi connectivity index (χ2v) is 9.05. The predicted octanol–water partition coefficient (Wildman–Crippen LogP) is 5.31. The molecule has 2 aromatic carbocycles. The van der Waals surface area contributed by atoms with E-state index in [1.54, 1.807) is 24.3 Å². The molecule has 33 heavy (non-hydrogen) atoms. The number of amides is 2. The highest BCUT2D eigenvalue weighted by Crippen LogP contribution is 2.28. The van der Waals surface area contributed by atoms with Crippen molar-refractivity contribution in [2.45, 2.75) is 33.1 Å². The summed E-state index contributed by atoms with van der Waals surface area (Å²) in [6, 6.07) is 10.2. The van der Waals surface area contributed by atoms with Gasteiger partial charge in [-0.15, -0.1) is 0 Å². The number of rotatable bonds is 9. The number of hydrogen-bond donors (Lipinski definition) is 2. The lowest BCUT2D eigenvalue weighted by Crippen LogP contribution is -2.36. The molecule has 0 aliphatic carbocycles. The van der Waals surface area contributed by atoms with E-state index in [4.69, 9.17) is 23.2 Å². The highest BCUT2D eigenvalue weighted by Gasteiger charge is 2.20. The Balaban J connectivity index is 1.80. The van der Waals surface area contributed by atoms with Gasteiger partial charge in [0.1, 0.15) is 0 Å². The Morgan fingerprint density at radius 3 is 2.24 bits per heavy atom. The highest BCUT2D eigenvalue weighted by atomic mass is 35.5. The number of piperidine rings is 1. The molecule has 0 radical (unpaired) electrons. The Bertz CT molecular complexity index is 953. The molecule has 1 aliphatic rings. The SMILES string of the molecule is CCN(CC)CCNC(=O)c1cc(NC(=O)c2cc(Cl)cc(Cl)c2)ccc1N1CCCCC1. The van der Waals surface area contributed by atoms with Crippen molar-refractivity contribution in [3.8, 4) is 0 Å². The number of carbonyl (C=O) groups is 2. The first kappa shape index (κ1) is 25.3. The number of halogens is 2. The van der Waals surface area contributed by atoms with E-state index in [9.17, 15) is 9.59 Å². The van der Waals surface area contributed by atoms with Gasteiger partial charge in [-0.25, -0.2) is 0 Å². The van der Waals surface area contributed by atoms with Crippen LogP contribution in [0.25, 0.3) is 0 Å². The molecule has 1 saturated heterocycles. The molecule has 0 aromatic heterocycles. The largest absolute Gasteiger partial charge is 0.371 e. The molecular formula is C25H32Cl2N4O2. The molecule has 2 N–H and O–H groups in total. The first-order valence-electron chi connectivity index (χ1n) is 11.6. The fourth-order valence-electron chi connectivity index (χ4n) is 4.06. The molecule has 2 amide bonds. The topological polar surface area (TPSA) is 64.7 Å². The zero-order chi connectivity index (χ0) is 23.8. The highest BCUT2D eigenvalue weighted by molar-refractivity contribution is 6.35. The van der Waals surface area contributed by atoms with Crippen LogP contribution in [-0.2, 0) is 0 Å². The third kappa shape index (κ3) is 7.10. The molecule has 1 aliphatic heterocycles. The maximum atomic E-state index is 13.2. The van der Waals surface area contributed by atoms with E-state index in [2.05, 4.69) is 34.3 Å². The average Bonchev–Trinajstić information content (AvgIpc) is 2.81. The molecule has 6 nitrogen and oxygen atoms in total. The van der Waals surface area contributed by atoms with Gasteiger partial charge >= 0.3 is 0 Å². The van der Waals surface area contributed by atoms with Gasteiger partial charge in [0.25, 0.3) is 11.8 Å². The van der Waals surface area contributed by atoms with Crippen molar-refractivity contribution >= 4 is 46.4 Å². The number of anilines is 2. The van der Waals surface area contributed by atoms with Gasteiger partial charge in [-0.3, -0.25) is 9.59 Å². The Kier molecular flexibility index (Phi) is 9.41. The number of nitrogens with one attached hydrogen (secondary N) is 2. The van der Waals surface area contributed by atoms with Gasteiger partial charge in [-0.1, -0.05) is 37.0 Å². The van der Waals surface area contributed by atoms with Crippen LogP contribution in [0.15, 0.2) is 36.4 Å². The Morgan fingerprint density at radius 2 is 1.61 bits per heavy atom. The van der Waals surface area contributed by atoms with Crippen LogP contribution < -0.4 is 15.5 Å². The zero-order valence-corrected chi connectivity index (χ0v) is 20.8. The molecule has 0 bridgehead atoms. The van der Waals surface area contributed by atoms with Crippen molar-refractivity contribution in [1.82, 2.24) is 10.2 Å². The number of carbonyl (C=O) groups excluding carboxylic acids is 2. The second-order valence-electron chi connectivity index (χ2n) is 8.17. The molecular weight excluding hydrogens is 459 g/mol. The quantitative estimate of drug-likeness (QED) is 0.499. The van der Waals surface area contributed by atoms with Crippen molar-refractivity contribution in [2.75, 3.05) is 49.5 Å². The molecule has 178 valence electrons. The van der Waals surface area contributed by atoms with E-state index in [1.807, 2.05) is 12.1 Å². The fourth-order valence-corrected chi connectivity index (χ4v) is 4.58. The summed E-state index contributed by atoms with van der Waals surface area (Å²) < 4.78 is 0. The number of nitrogens with zero attached hydrogens (tertiary/aromatic N) is 2. The smallest absolute Gasteiger partial charge is 0.255 e. The van der Waals surface area contributed by atoms with Gasteiger partial charge in [0.2, 0.25) is 0 Å². The molecule has 0 atom stereocenters. The van der Waals surface area contributed by atoms with Crippen LogP contribution in [0.1, 0.15) is 53.8 Å². The van der Waals surface area contributed by atoms with E-state index in [-0.39, 0.29) is 11.8 Å². The van der Waals surface area contributed by atoms with E-state index in [0.29, 0.717) is 33.4 Å². The maximum absolute atomic E-state index is 13.2. The average molecular weight is 491 g/mol. The molecule has 0 spiro atoms. The van der Waals surface area contributed by atoms with Crippen LogP contribution in [0.3, 0.4) is 0 Å². The monoisotopic (exact) mass is 490 g/mol. The van der Waals surface area contributed by atoms with Gasteiger partial charge in [0, 0.05) is 53.2 Å². The summed E-state index contributed by atoms with van der Waals surface area (Å²) in [4.78, 5) is 30.4. The van der Waals surface area contributed by atoms with Gasteiger partial charge in [0.05, 0.1) is 5.56 Å². The van der Waals surface area contributed by atoms with Crippen LogP contribution in [0, 0.1) is 0 Å². The third-order valence-electron chi connectivity index (χ3n) is 5.93. The number of hydrogen-bond acceptors (Lipinski definition) is 4.